The summed E-state index contributed by atoms with van der Waals surface area (Å²) in [6.45, 7) is 6.26. The van der Waals surface area contributed by atoms with Gasteiger partial charge in [0.2, 0.25) is 0 Å². The van der Waals surface area contributed by atoms with Gasteiger partial charge >= 0.3 is 0 Å². The Morgan fingerprint density at radius 2 is 2.14 bits per heavy atom. The van der Waals surface area contributed by atoms with E-state index in [2.05, 4.69) is 18.9 Å². The number of furan rings is 1. The lowest BCUT2D eigenvalue weighted by Crippen LogP contribution is -2.12. The summed E-state index contributed by atoms with van der Waals surface area (Å²) >= 11 is 0. The van der Waals surface area contributed by atoms with Crippen molar-refractivity contribution in [3.8, 4) is 12.3 Å². The van der Waals surface area contributed by atoms with Crippen LogP contribution in [-0.4, -0.2) is 0 Å². The molecule has 2 unspecified atom stereocenters. The second-order valence-corrected chi connectivity index (χ2v) is 4.79. The van der Waals surface area contributed by atoms with Gasteiger partial charge in [-0.05, 0) is 38.3 Å². The molecule has 1 aromatic rings. The SMILES string of the molecule is C#CC(C)(C)c1ccc(C2CC2C)o1. The average molecular weight is 188 g/mol. The van der Waals surface area contributed by atoms with Gasteiger partial charge in [-0.15, -0.1) is 6.42 Å². The molecule has 0 bridgehead atoms. The third kappa shape index (κ3) is 1.46. The smallest absolute Gasteiger partial charge is 0.121 e. The van der Waals surface area contributed by atoms with E-state index in [4.69, 9.17) is 10.8 Å². The van der Waals surface area contributed by atoms with Gasteiger partial charge in [0.05, 0.1) is 5.41 Å². The maximum atomic E-state index is 5.79. The zero-order valence-electron chi connectivity index (χ0n) is 9.00. The molecule has 0 radical (unpaired) electrons. The molecule has 0 aromatic carbocycles. The molecule has 0 aliphatic heterocycles. The van der Waals surface area contributed by atoms with E-state index in [0.29, 0.717) is 5.92 Å². The highest BCUT2D eigenvalue weighted by atomic mass is 16.3. The molecular weight excluding hydrogens is 172 g/mol. The van der Waals surface area contributed by atoms with Crippen LogP contribution in [0.4, 0.5) is 0 Å². The summed E-state index contributed by atoms with van der Waals surface area (Å²) in [5.74, 6) is 6.18. The molecule has 0 amide bonds. The summed E-state index contributed by atoms with van der Waals surface area (Å²) in [6, 6.07) is 4.09. The lowest BCUT2D eigenvalue weighted by Gasteiger charge is -2.13. The normalized spacial score (nSPS) is 25.9. The lowest BCUT2D eigenvalue weighted by atomic mass is 9.92. The molecule has 1 aliphatic rings. The maximum absolute atomic E-state index is 5.79. The van der Waals surface area contributed by atoms with Gasteiger partial charge in [0, 0.05) is 5.92 Å². The first-order chi connectivity index (χ1) is 6.54. The molecule has 1 heterocycles. The highest BCUT2D eigenvalue weighted by molar-refractivity contribution is 5.27. The summed E-state index contributed by atoms with van der Waals surface area (Å²) in [4.78, 5) is 0. The van der Waals surface area contributed by atoms with E-state index in [1.54, 1.807) is 0 Å². The van der Waals surface area contributed by atoms with Crippen molar-refractivity contribution < 1.29 is 4.42 Å². The van der Waals surface area contributed by atoms with E-state index in [1.165, 1.54) is 6.42 Å². The minimum atomic E-state index is -0.281. The molecule has 2 rings (SSSR count). The van der Waals surface area contributed by atoms with E-state index in [0.717, 1.165) is 17.4 Å². The third-order valence-corrected chi connectivity index (χ3v) is 3.08. The summed E-state index contributed by atoms with van der Waals surface area (Å²) in [7, 11) is 0. The Balaban J connectivity index is 2.23. The standard InChI is InChI=1S/C13H16O/c1-5-13(3,4)12-7-6-11(14-12)10-8-9(10)2/h1,6-7,9-10H,8H2,2-4H3. The van der Waals surface area contributed by atoms with Crippen LogP contribution in [0.1, 0.15) is 44.6 Å². The van der Waals surface area contributed by atoms with Gasteiger partial charge < -0.3 is 4.42 Å². The van der Waals surface area contributed by atoms with Crippen LogP contribution in [0.3, 0.4) is 0 Å². The second kappa shape index (κ2) is 2.92. The monoisotopic (exact) mass is 188 g/mol. The minimum absolute atomic E-state index is 0.281. The van der Waals surface area contributed by atoms with E-state index in [9.17, 15) is 0 Å². The van der Waals surface area contributed by atoms with E-state index >= 15 is 0 Å². The molecule has 1 aromatic heterocycles. The van der Waals surface area contributed by atoms with Gasteiger partial charge in [0.25, 0.3) is 0 Å². The zero-order chi connectivity index (χ0) is 10.3. The molecule has 1 aliphatic carbocycles. The Morgan fingerprint density at radius 1 is 1.50 bits per heavy atom. The Hall–Kier alpha value is -1.16. The Bertz CT molecular complexity index is 378. The summed E-state index contributed by atoms with van der Waals surface area (Å²) in [5, 5.41) is 0. The van der Waals surface area contributed by atoms with Gasteiger partial charge in [0.15, 0.2) is 0 Å². The number of hydrogen-bond acceptors (Lipinski definition) is 1. The quantitative estimate of drug-likeness (QED) is 0.649. The van der Waals surface area contributed by atoms with E-state index in [-0.39, 0.29) is 5.41 Å². The Kier molecular flexibility index (Phi) is 1.96. The van der Waals surface area contributed by atoms with Crippen molar-refractivity contribution in [1.29, 1.82) is 0 Å². The van der Waals surface area contributed by atoms with Crippen molar-refractivity contribution in [3.05, 3.63) is 23.7 Å². The topological polar surface area (TPSA) is 13.1 Å². The molecule has 0 N–H and O–H groups in total. The Labute approximate surface area is 85.5 Å². The van der Waals surface area contributed by atoms with Crippen molar-refractivity contribution in [2.24, 2.45) is 5.92 Å². The Morgan fingerprint density at radius 3 is 2.64 bits per heavy atom. The van der Waals surface area contributed by atoms with Crippen LogP contribution < -0.4 is 0 Å². The van der Waals surface area contributed by atoms with Crippen molar-refractivity contribution in [1.82, 2.24) is 0 Å². The number of rotatable bonds is 2. The second-order valence-electron chi connectivity index (χ2n) is 4.79. The van der Waals surface area contributed by atoms with Crippen LogP contribution in [0.5, 0.6) is 0 Å². The molecule has 1 heteroatoms. The van der Waals surface area contributed by atoms with E-state index in [1.807, 2.05) is 19.9 Å². The van der Waals surface area contributed by atoms with Crippen molar-refractivity contribution in [2.45, 2.75) is 38.5 Å². The fourth-order valence-electron chi connectivity index (χ4n) is 1.68. The molecule has 1 nitrogen and oxygen atoms in total. The summed E-state index contributed by atoms with van der Waals surface area (Å²) < 4.78 is 5.79. The third-order valence-electron chi connectivity index (χ3n) is 3.08. The van der Waals surface area contributed by atoms with Gasteiger partial charge in [-0.3, -0.25) is 0 Å². The van der Waals surface area contributed by atoms with Crippen molar-refractivity contribution in [3.63, 3.8) is 0 Å². The van der Waals surface area contributed by atoms with Crippen LogP contribution in [0, 0.1) is 18.3 Å². The summed E-state index contributed by atoms with van der Waals surface area (Å²) in [6.07, 6.45) is 6.71. The van der Waals surface area contributed by atoms with Crippen molar-refractivity contribution >= 4 is 0 Å². The van der Waals surface area contributed by atoms with Gasteiger partial charge in [-0.2, -0.15) is 0 Å². The highest BCUT2D eigenvalue weighted by Gasteiger charge is 2.37. The summed E-state index contributed by atoms with van der Waals surface area (Å²) in [5.41, 5.74) is -0.281. The first-order valence-corrected chi connectivity index (χ1v) is 5.12. The fourth-order valence-corrected chi connectivity index (χ4v) is 1.68. The molecule has 0 spiro atoms. The predicted octanol–water partition coefficient (Wildman–Crippen LogP) is 3.31. The van der Waals surface area contributed by atoms with Gasteiger partial charge in [-0.25, -0.2) is 0 Å². The fraction of sp³-hybridized carbons (Fsp3) is 0.538. The van der Waals surface area contributed by atoms with Crippen LogP contribution in [0.15, 0.2) is 16.5 Å². The lowest BCUT2D eigenvalue weighted by molar-refractivity contribution is 0.414. The molecule has 14 heavy (non-hydrogen) atoms. The highest BCUT2D eigenvalue weighted by Crippen LogP contribution is 2.47. The zero-order valence-corrected chi connectivity index (χ0v) is 9.00. The molecule has 1 fully saturated rings. The van der Waals surface area contributed by atoms with Crippen LogP contribution >= 0.6 is 0 Å². The maximum Gasteiger partial charge on any atom is 0.121 e. The van der Waals surface area contributed by atoms with Gasteiger partial charge in [-0.1, -0.05) is 12.8 Å². The number of terminal acetylenes is 1. The van der Waals surface area contributed by atoms with Gasteiger partial charge in [0.1, 0.15) is 11.5 Å². The van der Waals surface area contributed by atoms with E-state index < -0.39 is 0 Å². The molecule has 2 atom stereocenters. The minimum Gasteiger partial charge on any atom is -0.464 e. The molecular formula is C13H16O. The largest absolute Gasteiger partial charge is 0.464 e. The predicted molar refractivity (Wildman–Crippen MR) is 57.1 cm³/mol. The average Bonchev–Trinajstić information content (AvgIpc) is 2.70. The van der Waals surface area contributed by atoms with Crippen LogP contribution in [0.25, 0.3) is 0 Å². The van der Waals surface area contributed by atoms with Crippen LogP contribution in [-0.2, 0) is 5.41 Å². The van der Waals surface area contributed by atoms with Crippen LogP contribution in [0.2, 0.25) is 0 Å². The molecule has 74 valence electrons. The van der Waals surface area contributed by atoms with Crippen molar-refractivity contribution in [2.75, 3.05) is 0 Å². The number of hydrogen-bond donors (Lipinski definition) is 0. The first-order valence-electron chi connectivity index (χ1n) is 5.12. The molecule has 1 saturated carbocycles. The molecule has 0 saturated heterocycles. The first kappa shape index (κ1) is 9.40.